The van der Waals surface area contributed by atoms with Gasteiger partial charge in [-0.3, -0.25) is 0 Å². The Labute approximate surface area is 116 Å². The molecular formula is C14H16N2O2S. The third kappa shape index (κ3) is 3.19. The van der Waals surface area contributed by atoms with Crippen LogP contribution in [0.1, 0.15) is 35.1 Å². The lowest BCUT2D eigenvalue weighted by molar-refractivity contribution is 0.0526. The van der Waals surface area contributed by atoms with Gasteiger partial charge in [-0.25, -0.2) is 9.78 Å². The molecule has 1 aromatic carbocycles. The summed E-state index contributed by atoms with van der Waals surface area (Å²) in [4.78, 5) is 16.9. The highest BCUT2D eigenvalue weighted by atomic mass is 32.1. The summed E-state index contributed by atoms with van der Waals surface area (Å²) >= 11 is 1.57. The number of ether oxygens (including phenoxy) is 1. The van der Waals surface area contributed by atoms with Crippen molar-refractivity contribution in [1.82, 2.24) is 4.98 Å². The lowest BCUT2D eigenvalue weighted by Gasteiger charge is -2.02. The first-order valence-electron chi connectivity index (χ1n) is 6.10. The second kappa shape index (κ2) is 5.95. The molecule has 0 saturated carbocycles. The van der Waals surface area contributed by atoms with Crippen molar-refractivity contribution in [2.75, 3.05) is 6.61 Å². The van der Waals surface area contributed by atoms with Gasteiger partial charge in [0.15, 0.2) is 0 Å². The number of nitrogens with two attached hydrogens (primary N) is 1. The third-order valence-electron chi connectivity index (χ3n) is 2.62. The topological polar surface area (TPSA) is 65.2 Å². The molecule has 0 radical (unpaired) electrons. The van der Waals surface area contributed by atoms with Gasteiger partial charge in [0, 0.05) is 22.7 Å². The molecule has 1 atom stereocenters. The Balaban J connectivity index is 2.19. The summed E-state index contributed by atoms with van der Waals surface area (Å²) in [5, 5.41) is 0.905. The van der Waals surface area contributed by atoms with E-state index < -0.39 is 0 Å². The van der Waals surface area contributed by atoms with Crippen molar-refractivity contribution in [3.63, 3.8) is 0 Å². The molecule has 100 valence electrons. The van der Waals surface area contributed by atoms with Crippen LogP contribution in [0.3, 0.4) is 0 Å². The lowest BCUT2D eigenvalue weighted by atomic mass is 10.1. The van der Waals surface area contributed by atoms with Crippen molar-refractivity contribution in [3.05, 3.63) is 40.9 Å². The Hall–Kier alpha value is -1.72. The van der Waals surface area contributed by atoms with E-state index in [0.717, 1.165) is 15.4 Å². The largest absolute Gasteiger partial charge is 0.462 e. The Morgan fingerprint density at radius 3 is 2.63 bits per heavy atom. The molecule has 19 heavy (non-hydrogen) atoms. The molecule has 1 aromatic heterocycles. The summed E-state index contributed by atoms with van der Waals surface area (Å²) in [6.07, 6.45) is 1.80. The second-order valence-corrected chi connectivity index (χ2v) is 5.22. The molecule has 0 aliphatic heterocycles. The third-order valence-corrected chi connectivity index (χ3v) is 3.86. The van der Waals surface area contributed by atoms with Gasteiger partial charge >= 0.3 is 5.97 Å². The Bertz CT molecular complexity index is 561. The molecule has 0 bridgehead atoms. The number of esters is 1. The van der Waals surface area contributed by atoms with E-state index in [0.29, 0.717) is 12.2 Å². The number of hydrogen-bond donors (Lipinski definition) is 1. The first kappa shape index (κ1) is 13.7. The molecule has 1 unspecified atom stereocenters. The zero-order valence-corrected chi connectivity index (χ0v) is 11.7. The van der Waals surface area contributed by atoms with Gasteiger partial charge in [0.1, 0.15) is 5.01 Å². The number of hydrogen-bond acceptors (Lipinski definition) is 5. The molecule has 2 rings (SSSR count). The van der Waals surface area contributed by atoms with Crippen molar-refractivity contribution in [1.29, 1.82) is 0 Å². The van der Waals surface area contributed by atoms with Gasteiger partial charge in [-0.15, -0.1) is 11.3 Å². The molecule has 0 spiro atoms. The molecule has 0 saturated heterocycles. The molecule has 2 aromatic rings. The van der Waals surface area contributed by atoms with Crippen LogP contribution in [0.2, 0.25) is 0 Å². The van der Waals surface area contributed by atoms with E-state index in [4.69, 9.17) is 10.5 Å². The first-order valence-corrected chi connectivity index (χ1v) is 6.92. The Morgan fingerprint density at radius 2 is 2.11 bits per heavy atom. The number of rotatable bonds is 4. The second-order valence-electron chi connectivity index (χ2n) is 4.15. The van der Waals surface area contributed by atoms with Crippen LogP contribution in [-0.4, -0.2) is 17.6 Å². The maximum Gasteiger partial charge on any atom is 0.338 e. The monoisotopic (exact) mass is 276 g/mol. The molecule has 4 nitrogen and oxygen atoms in total. The minimum absolute atomic E-state index is 0.00921. The highest BCUT2D eigenvalue weighted by molar-refractivity contribution is 7.15. The average Bonchev–Trinajstić information content (AvgIpc) is 2.89. The van der Waals surface area contributed by atoms with E-state index in [-0.39, 0.29) is 12.0 Å². The van der Waals surface area contributed by atoms with Gasteiger partial charge in [0.2, 0.25) is 0 Å². The van der Waals surface area contributed by atoms with Crippen LogP contribution in [0.25, 0.3) is 10.6 Å². The Morgan fingerprint density at radius 1 is 1.42 bits per heavy atom. The number of benzene rings is 1. The number of carbonyl (C=O) groups excluding carboxylic acids is 1. The predicted octanol–water partition coefficient (Wildman–Crippen LogP) is 3.01. The van der Waals surface area contributed by atoms with Crippen LogP contribution in [-0.2, 0) is 4.74 Å². The first-order chi connectivity index (χ1) is 9.11. The number of carbonyl (C=O) groups is 1. The fraction of sp³-hybridized carbons (Fsp3) is 0.286. The van der Waals surface area contributed by atoms with Gasteiger partial charge in [0.05, 0.1) is 12.2 Å². The van der Waals surface area contributed by atoms with Crippen LogP contribution in [0.5, 0.6) is 0 Å². The van der Waals surface area contributed by atoms with Crippen molar-refractivity contribution in [3.8, 4) is 10.6 Å². The Kier molecular flexibility index (Phi) is 4.29. The van der Waals surface area contributed by atoms with Crippen molar-refractivity contribution < 1.29 is 9.53 Å². The van der Waals surface area contributed by atoms with Crippen LogP contribution in [0, 0.1) is 0 Å². The SMILES string of the molecule is CCOC(=O)c1ccc(-c2ncc(C(C)N)s2)cc1. The van der Waals surface area contributed by atoms with Crippen molar-refractivity contribution in [2.45, 2.75) is 19.9 Å². The summed E-state index contributed by atoms with van der Waals surface area (Å²) in [6.45, 7) is 4.10. The maximum absolute atomic E-state index is 11.5. The summed E-state index contributed by atoms with van der Waals surface area (Å²) in [7, 11) is 0. The van der Waals surface area contributed by atoms with Gasteiger partial charge in [-0.05, 0) is 26.0 Å². The average molecular weight is 276 g/mol. The van der Waals surface area contributed by atoms with Crippen molar-refractivity contribution in [2.24, 2.45) is 5.73 Å². The number of nitrogens with zero attached hydrogens (tertiary/aromatic N) is 1. The van der Waals surface area contributed by atoms with Crippen LogP contribution in [0.15, 0.2) is 30.5 Å². The summed E-state index contributed by atoms with van der Waals surface area (Å²) < 4.78 is 4.94. The maximum atomic E-state index is 11.5. The quantitative estimate of drug-likeness (QED) is 0.872. The molecular weight excluding hydrogens is 260 g/mol. The van der Waals surface area contributed by atoms with E-state index in [2.05, 4.69) is 4.98 Å². The smallest absolute Gasteiger partial charge is 0.338 e. The van der Waals surface area contributed by atoms with E-state index in [1.807, 2.05) is 19.1 Å². The highest BCUT2D eigenvalue weighted by Crippen LogP contribution is 2.28. The summed E-state index contributed by atoms with van der Waals surface area (Å²) in [5.74, 6) is -0.301. The summed E-state index contributed by atoms with van der Waals surface area (Å²) in [6, 6.07) is 7.23. The van der Waals surface area contributed by atoms with Gasteiger partial charge in [0.25, 0.3) is 0 Å². The fourth-order valence-electron chi connectivity index (χ4n) is 1.59. The van der Waals surface area contributed by atoms with E-state index in [1.165, 1.54) is 0 Å². The standard InChI is InChI=1S/C14H16N2O2S/c1-3-18-14(17)11-6-4-10(5-7-11)13-16-8-12(19-13)9(2)15/h4-9H,3,15H2,1-2H3. The minimum atomic E-state index is -0.301. The highest BCUT2D eigenvalue weighted by Gasteiger charge is 2.10. The van der Waals surface area contributed by atoms with Crippen molar-refractivity contribution >= 4 is 17.3 Å². The fourth-order valence-corrected chi connectivity index (χ4v) is 2.47. The molecule has 0 fully saturated rings. The number of aromatic nitrogens is 1. The molecule has 5 heteroatoms. The molecule has 0 amide bonds. The van der Waals surface area contributed by atoms with Crippen LogP contribution < -0.4 is 5.73 Å². The number of thiazole rings is 1. The molecule has 0 aliphatic rings. The molecule has 1 heterocycles. The van der Waals surface area contributed by atoms with E-state index in [9.17, 15) is 4.79 Å². The van der Waals surface area contributed by atoms with Gasteiger partial charge < -0.3 is 10.5 Å². The lowest BCUT2D eigenvalue weighted by Crippen LogP contribution is -2.03. The van der Waals surface area contributed by atoms with Gasteiger partial charge in [-0.1, -0.05) is 12.1 Å². The van der Waals surface area contributed by atoms with Gasteiger partial charge in [-0.2, -0.15) is 0 Å². The van der Waals surface area contributed by atoms with E-state index in [1.54, 1.807) is 36.6 Å². The van der Waals surface area contributed by atoms with Crippen LogP contribution >= 0.6 is 11.3 Å². The molecule has 2 N–H and O–H groups in total. The summed E-state index contributed by atoms with van der Waals surface area (Å²) in [5.41, 5.74) is 7.34. The van der Waals surface area contributed by atoms with Crippen LogP contribution in [0.4, 0.5) is 0 Å². The minimum Gasteiger partial charge on any atom is -0.462 e. The zero-order chi connectivity index (χ0) is 13.8. The van der Waals surface area contributed by atoms with E-state index >= 15 is 0 Å². The zero-order valence-electron chi connectivity index (χ0n) is 10.9. The molecule has 0 aliphatic carbocycles. The normalized spacial score (nSPS) is 12.2. The predicted molar refractivity (Wildman–Crippen MR) is 76.1 cm³/mol.